The smallest absolute Gasteiger partial charge is 0.406 e. The summed E-state index contributed by atoms with van der Waals surface area (Å²) in [5.41, 5.74) is -3.62. The summed E-state index contributed by atoms with van der Waals surface area (Å²) >= 11 is 0. The summed E-state index contributed by atoms with van der Waals surface area (Å²) in [6, 6.07) is 1.44. The highest BCUT2D eigenvalue weighted by molar-refractivity contribution is 6.23. The van der Waals surface area contributed by atoms with Crippen LogP contribution in [0.4, 0.5) is 36.8 Å². The van der Waals surface area contributed by atoms with E-state index in [1.54, 1.807) is 5.32 Å². The molecule has 12 heteroatoms. The normalized spacial score (nSPS) is 24.0. The van der Waals surface area contributed by atoms with Gasteiger partial charge in [-0.25, -0.2) is 9.69 Å². The maximum absolute atomic E-state index is 13.9. The predicted octanol–water partition coefficient (Wildman–Crippen LogP) is 3.82. The molecule has 1 saturated carbocycles. The molecular weight excluding hydrogens is 408 g/mol. The molecule has 1 saturated heterocycles. The quantitative estimate of drug-likeness (QED) is 0.569. The molecule has 2 aliphatic rings. The van der Waals surface area contributed by atoms with E-state index >= 15 is 0 Å². The van der Waals surface area contributed by atoms with E-state index in [2.05, 4.69) is 10.1 Å². The van der Waals surface area contributed by atoms with Gasteiger partial charge in [-0.05, 0) is 37.1 Å². The van der Waals surface area contributed by atoms with Crippen LogP contribution in [0.2, 0.25) is 0 Å². The van der Waals surface area contributed by atoms with E-state index in [1.165, 1.54) is 0 Å². The summed E-state index contributed by atoms with van der Waals surface area (Å²) in [5, 5.41) is 3.97. The highest BCUT2D eigenvalue weighted by atomic mass is 19.4. The van der Waals surface area contributed by atoms with Crippen LogP contribution in [0, 0.1) is 0 Å². The Labute approximate surface area is 161 Å². The first-order chi connectivity index (χ1) is 13.4. The molecule has 1 aromatic carbocycles. The van der Waals surface area contributed by atoms with E-state index < -0.39 is 41.9 Å². The highest BCUT2D eigenvalue weighted by Gasteiger charge is 2.68. The number of alkyl halides is 6. The fourth-order valence-corrected chi connectivity index (χ4v) is 3.49. The minimum Gasteiger partial charge on any atom is -0.406 e. The molecule has 2 fully saturated rings. The number of rotatable bonds is 4. The Morgan fingerprint density at radius 2 is 1.59 bits per heavy atom. The summed E-state index contributed by atoms with van der Waals surface area (Å²) in [4.78, 5) is 25.2. The summed E-state index contributed by atoms with van der Waals surface area (Å²) in [6.45, 7) is 0. The zero-order chi connectivity index (χ0) is 21.4. The van der Waals surface area contributed by atoms with Crippen LogP contribution in [-0.4, -0.2) is 36.2 Å². The van der Waals surface area contributed by atoms with Gasteiger partial charge in [-0.2, -0.15) is 13.2 Å². The van der Waals surface area contributed by atoms with Crippen LogP contribution in [0.15, 0.2) is 24.3 Å². The highest BCUT2D eigenvalue weighted by Crippen LogP contribution is 2.37. The Balaban J connectivity index is 1.87. The lowest BCUT2D eigenvalue weighted by Gasteiger charge is -2.35. The summed E-state index contributed by atoms with van der Waals surface area (Å²) in [7, 11) is 0. The Kier molecular flexibility index (Phi) is 5.41. The number of benzene rings is 1. The van der Waals surface area contributed by atoms with E-state index in [-0.39, 0.29) is 10.6 Å². The van der Waals surface area contributed by atoms with Crippen molar-refractivity contribution in [3.63, 3.8) is 0 Å². The van der Waals surface area contributed by atoms with Gasteiger partial charge in [0.05, 0.1) is 5.69 Å². The lowest BCUT2D eigenvalue weighted by atomic mass is 9.93. The fourth-order valence-electron chi connectivity index (χ4n) is 3.49. The van der Waals surface area contributed by atoms with Gasteiger partial charge in [-0.1, -0.05) is 19.3 Å². The second-order valence-electron chi connectivity index (χ2n) is 6.84. The number of urea groups is 1. The molecule has 1 aliphatic heterocycles. The molecule has 1 atom stereocenters. The van der Waals surface area contributed by atoms with Crippen molar-refractivity contribution in [1.82, 2.24) is 10.6 Å². The van der Waals surface area contributed by atoms with Crippen molar-refractivity contribution in [2.45, 2.75) is 56.3 Å². The van der Waals surface area contributed by atoms with E-state index in [4.69, 9.17) is 0 Å². The van der Waals surface area contributed by atoms with Gasteiger partial charge in [-0.3, -0.25) is 10.1 Å². The predicted molar refractivity (Wildman–Crippen MR) is 87.9 cm³/mol. The number of imide groups is 1. The molecule has 0 radical (unpaired) electrons. The van der Waals surface area contributed by atoms with Crippen LogP contribution in [0.1, 0.15) is 32.1 Å². The number of hydrogen-bond donors (Lipinski definition) is 2. The number of nitrogens with one attached hydrogen (secondary N) is 2. The van der Waals surface area contributed by atoms with Crippen LogP contribution in [0.25, 0.3) is 0 Å². The van der Waals surface area contributed by atoms with Crippen LogP contribution in [0.5, 0.6) is 5.75 Å². The fraction of sp³-hybridized carbons (Fsp3) is 0.529. The molecule has 0 spiro atoms. The van der Waals surface area contributed by atoms with Gasteiger partial charge in [0, 0.05) is 6.04 Å². The van der Waals surface area contributed by atoms with Gasteiger partial charge >= 0.3 is 18.6 Å². The second kappa shape index (κ2) is 7.39. The molecule has 0 unspecified atom stereocenters. The van der Waals surface area contributed by atoms with E-state index in [0.717, 1.165) is 30.7 Å². The van der Waals surface area contributed by atoms with Crippen LogP contribution in [0.3, 0.4) is 0 Å². The zero-order valence-electron chi connectivity index (χ0n) is 14.9. The van der Waals surface area contributed by atoms with Crippen LogP contribution in [-0.2, 0) is 4.79 Å². The third-order valence-electron chi connectivity index (χ3n) is 4.80. The largest absolute Gasteiger partial charge is 0.573 e. The number of halogens is 6. The topological polar surface area (TPSA) is 70.7 Å². The van der Waals surface area contributed by atoms with Crippen molar-refractivity contribution in [3.05, 3.63) is 24.3 Å². The number of nitrogens with zero attached hydrogens (tertiary/aromatic N) is 1. The van der Waals surface area contributed by atoms with Crippen molar-refractivity contribution >= 4 is 17.6 Å². The Hall–Kier alpha value is -2.50. The van der Waals surface area contributed by atoms with Gasteiger partial charge in [-0.15, -0.1) is 13.2 Å². The molecule has 160 valence electrons. The number of ether oxygens (including phenoxy) is 1. The third-order valence-corrected chi connectivity index (χ3v) is 4.80. The van der Waals surface area contributed by atoms with Crippen LogP contribution < -0.4 is 20.3 Å². The standard InChI is InChI=1S/C17H17F6N3O3/c18-16(19,20)15(24-10-4-2-1-3-5-10)13(27)26(14(28)25-15)11-6-8-12(9-7-11)29-17(21,22)23/h6-10,24H,1-5H2,(H,25,28)/t15-/m0/s1. The van der Waals surface area contributed by atoms with Gasteiger partial charge in [0.25, 0.3) is 11.6 Å². The first-order valence-corrected chi connectivity index (χ1v) is 8.80. The Morgan fingerprint density at radius 1 is 1.00 bits per heavy atom. The molecule has 0 aromatic heterocycles. The molecule has 0 bridgehead atoms. The first-order valence-electron chi connectivity index (χ1n) is 8.80. The third kappa shape index (κ3) is 4.26. The SMILES string of the molecule is O=C1N[C@](NC2CCCCC2)(C(F)(F)F)C(=O)N1c1ccc(OC(F)(F)F)cc1. The number of hydrogen-bond acceptors (Lipinski definition) is 4. The summed E-state index contributed by atoms with van der Waals surface area (Å²) in [5.74, 6) is -2.24. The minimum absolute atomic E-state index is 0.251. The van der Waals surface area contributed by atoms with Gasteiger partial charge in [0.2, 0.25) is 0 Å². The van der Waals surface area contributed by atoms with Gasteiger partial charge in [0.15, 0.2) is 0 Å². The molecule has 6 nitrogen and oxygen atoms in total. The summed E-state index contributed by atoms with van der Waals surface area (Å²) < 4.78 is 82.0. The molecule has 2 N–H and O–H groups in total. The zero-order valence-corrected chi connectivity index (χ0v) is 14.9. The summed E-state index contributed by atoms with van der Waals surface area (Å²) in [6.07, 6.45) is -7.00. The van der Waals surface area contributed by atoms with Crippen molar-refractivity contribution in [1.29, 1.82) is 0 Å². The monoisotopic (exact) mass is 425 g/mol. The average molecular weight is 425 g/mol. The van der Waals surface area contributed by atoms with E-state index in [0.29, 0.717) is 25.7 Å². The molecule has 3 amide bonds. The van der Waals surface area contributed by atoms with Gasteiger partial charge < -0.3 is 10.1 Å². The number of anilines is 1. The molecule has 3 rings (SSSR count). The van der Waals surface area contributed by atoms with Crippen molar-refractivity contribution in [3.8, 4) is 5.75 Å². The number of amides is 3. The first kappa shape index (κ1) is 21.2. The molecule has 1 aliphatic carbocycles. The maximum Gasteiger partial charge on any atom is 0.573 e. The van der Waals surface area contributed by atoms with Crippen molar-refractivity contribution in [2.75, 3.05) is 4.90 Å². The van der Waals surface area contributed by atoms with E-state index in [9.17, 15) is 35.9 Å². The molecule has 29 heavy (non-hydrogen) atoms. The second-order valence-corrected chi connectivity index (χ2v) is 6.84. The van der Waals surface area contributed by atoms with Gasteiger partial charge in [0.1, 0.15) is 5.75 Å². The van der Waals surface area contributed by atoms with Crippen molar-refractivity contribution < 1.29 is 40.7 Å². The minimum atomic E-state index is -5.13. The lowest BCUT2D eigenvalue weighted by Crippen LogP contribution is -2.70. The maximum atomic E-state index is 13.9. The lowest BCUT2D eigenvalue weighted by molar-refractivity contribution is -0.274. The Bertz CT molecular complexity index is 774. The molecule has 1 heterocycles. The average Bonchev–Trinajstić information content (AvgIpc) is 2.86. The van der Waals surface area contributed by atoms with Crippen LogP contribution >= 0.6 is 0 Å². The molecule has 1 aromatic rings. The van der Waals surface area contributed by atoms with E-state index in [1.807, 2.05) is 0 Å². The van der Waals surface area contributed by atoms with Crippen molar-refractivity contribution in [2.24, 2.45) is 0 Å². The molecular formula is C17H17F6N3O3. The Morgan fingerprint density at radius 3 is 2.10 bits per heavy atom. The number of carbonyl (C=O) groups is 2. The number of carbonyl (C=O) groups excluding carboxylic acids is 2.